The number of amides is 1. The molecule has 1 heterocycles. The van der Waals surface area contributed by atoms with Crippen LogP contribution in [0.5, 0.6) is 11.5 Å². The van der Waals surface area contributed by atoms with E-state index >= 15 is 0 Å². The first-order valence-corrected chi connectivity index (χ1v) is 6.69. The summed E-state index contributed by atoms with van der Waals surface area (Å²) in [6.07, 6.45) is 1.82. The molecule has 0 aliphatic heterocycles. The molecule has 1 N–H and O–H groups in total. The molecular formula is C14H15BrN2O3. The van der Waals surface area contributed by atoms with Crippen molar-refractivity contribution >= 4 is 27.5 Å². The van der Waals surface area contributed by atoms with Crippen LogP contribution in [0.1, 0.15) is 10.5 Å². The predicted molar refractivity (Wildman–Crippen MR) is 80.6 cm³/mol. The lowest BCUT2D eigenvalue weighted by atomic mass is 10.2. The molecule has 0 unspecified atom stereocenters. The Morgan fingerprint density at radius 2 is 1.90 bits per heavy atom. The summed E-state index contributed by atoms with van der Waals surface area (Å²) in [4.78, 5) is 12.2. The number of ether oxygens (including phenoxy) is 2. The van der Waals surface area contributed by atoms with E-state index in [1.54, 1.807) is 43.1 Å². The fourth-order valence-corrected chi connectivity index (χ4v) is 2.38. The number of nitrogens with one attached hydrogen (secondary N) is 1. The SMILES string of the molecule is COc1ccc(NC(=O)c2cc(Br)cn2C)cc1OC. The van der Waals surface area contributed by atoms with E-state index in [1.165, 1.54) is 0 Å². The Hall–Kier alpha value is -1.95. The molecule has 0 spiro atoms. The first-order valence-electron chi connectivity index (χ1n) is 5.90. The van der Waals surface area contributed by atoms with Crippen LogP contribution in [-0.4, -0.2) is 24.7 Å². The van der Waals surface area contributed by atoms with E-state index in [4.69, 9.17) is 9.47 Å². The lowest BCUT2D eigenvalue weighted by Crippen LogP contribution is -2.15. The second-order valence-corrected chi connectivity index (χ2v) is 5.09. The molecule has 0 saturated heterocycles. The van der Waals surface area contributed by atoms with Crippen molar-refractivity contribution < 1.29 is 14.3 Å². The minimum absolute atomic E-state index is 0.189. The summed E-state index contributed by atoms with van der Waals surface area (Å²) in [5.74, 6) is 0.996. The lowest BCUT2D eigenvalue weighted by Gasteiger charge is -2.10. The van der Waals surface area contributed by atoms with Crippen molar-refractivity contribution in [2.75, 3.05) is 19.5 Å². The smallest absolute Gasteiger partial charge is 0.272 e. The molecule has 0 aliphatic carbocycles. The minimum Gasteiger partial charge on any atom is -0.493 e. The third-order valence-electron chi connectivity index (χ3n) is 2.85. The van der Waals surface area contributed by atoms with Gasteiger partial charge in [-0.25, -0.2) is 0 Å². The molecular weight excluding hydrogens is 324 g/mol. The van der Waals surface area contributed by atoms with Crippen LogP contribution in [0.15, 0.2) is 34.9 Å². The van der Waals surface area contributed by atoms with Crippen LogP contribution in [0, 0.1) is 0 Å². The molecule has 20 heavy (non-hydrogen) atoms. The Kier molecular flexibility index (Phi) is 4.34. The Morgan fingerprint density at radius 3 is 2.45 bits per heavy atom. The molecule has 1 amide bonds. The minimum atomic E-state index is -0.189. The highest BCUT2D eigenvalue weighted by Gasteiger charge is 2.12. The van der Waals surface area contributed by atoms with Crippen molar-refractivity contribution in [2.24, 2.45) is 7.05 Å². The van der Waals surface area contributed by atoms with Crippen LogP contribution >= 0.6 is 15.9 Å². The van der Waals surface area contributed by atoms with E-state index in [2.05, 4.69) is 21.2 Å². The van der Waals surface area contributed by atoms with E-state index in [1.807, 2.05) is 13.2 Å². The number of carbonyl (C=O) groups is 1. The zero-order chi connectivity index (χ0) is 14.7. The van der Waals surface area contributed by atoms with Gasteiger partial charge in [-0.05, 0) is 34.1 Å². The maximum Gasteiger partial charge on any atom is 0.272 e. The Morgan fingerprint density at radius 1 is 1.20 bits per heavy atom. The third-order valence-corrected chi connectivity index (χ3v) is 3.28. The van der Waals surface area contributed by atoms with Gasteiger partial charge in [-0.3, -0.25) is 4.79 Å². The number of rotatable bonds is 4. The van der Waals surface area contributed by atoms with E-state index in [0.717, 1.165) is 4.47 Å². The number of aromatic nitrogens is 1. The van der Waals surface area contributed by atoms with Gasteiger partial charge in [0.05, 0.1) is 14.2 Å². The summed E-state index contributed by atoms with van der Waals surface area (Å²) in [7, 11) is 4.93. The van der Waals surface area contributed by atoms with Crippen molar-refractivity contribution in [3.8, 4) is 11.5 Å². The van der Waals surface area contributed by atoms with E-state index in [9.17, 15) is 4.79 Å². The predicted octanol–water partition coefficient (Wildman–Crippen LogP) is 3.06. The molecule has 0 atom stereocenters. The van der Waals surface area contributed by atoms with Crippen LogP contribution in [-0.2, 0) is 7.05 Å². The number of carbonyl (C=O) groups excluding carboxylic acids is 1. The fraction of sp³-hybridized carbons (Fsp3) is 0.214. The summed E-state index contributed by atoms with van der Waals surface area (Å²) in [5.41, 5.74) is 1.21. The summed E-state index contributed by atoms with van der Waals surface area (Å²) in [5, 5.41) is 2.82. The van der Waals surface area contributed by atoms with E-state index < -0.39 is 0 Å². The van der Waals surface area contributed by atoms with E-state index in [0.29, 0.717) is 22.9 Å². The zero-order valence-corrected chi connectivity index (χ0v) is 13.0. The quantitative estimate of drug-likeness (QED) is 0.932. The first-order chi connectivity index (χ1) is 9.55. The molecule has 2 aromatic rings. The highest BCUT2D eigenvalue weighted by atomic mass is 79.9. The normalized spacial score (nSPS) is 10.2. The van der Waals surface area contributed by atoms with Gasteiger partial charge < -0.3 is 19.4 Å². The standard InChI is InChI=1S/C14H15BrN2O3/c1-17-8-9(15)6-11(17)14(18)16-10-4-5-12(19-2)13(7-10)20-3/h4-8H,1-3H3,(H,16,18). The maximum absolute atomic E-state index is 12.2. The van der Waals surface area contributed by atoms with Gasteiger partial charge in [0, 0.05) is 29.5 Å². The average Bonchev–Trinajstić information content (AvgIpc) is 2.77. The van der Waals surface area contributed by atoms with Crippen LogP contribution in [0.4, 0.5) is 5.69 Å². The molecule has 0 fully saturated rings. The number of anilines is 1. The van der Waals surface area contributed by atoms with Crippen molar-refractivity contribution in [3.63, 3.8) is 0 Å². The van der Waals surface area contributed by atoms with Crippen LogP contribution < -0.4 is 14.8 Å². The Balaban J connectivity index is 2.22. The zero-order valence-electron chi connectivity index (χ0n) is 11.4. The first kappa shape index (κ1) is 14.5. The molecule has 0 bridgehead atoms. The van der Waals surface area contributed by atoms with Crippen molar-refractivity contribution in [3.05, 3.63) is 40.6 Å². The van der Waals surface area contributed by atoms with Crippen molar-refractivity contribution in [1.82, 2.24) is 4.57 Å². The number of hydrogen-bond acceptors (Lipinski definition) is 3. The number of halogens is 1. The maximum atomic E-state index is 12.2. The summed E-state index contributed by atoms with van der Waals surface area (Å²) >= 11 is 3.34. The summed E-state index contributed by atoms with van der Waals surface area (Å²) in [6.45, 7) is 0. The highest BCUT2D eigenvalue weighted by Crippen LogP contribution is 2.30. The molecule has 106 valence electrons. The molecule has 0 radical (unpaired) electrons. The van der Waals surface area contributed by atoms with Gasteiger partial charge in [0.15, 0.2) is 11.5 Å². The van der Waals surface area contributed by atoms with Gasteiger partial charge in [0.1, 0.15) is 5.69 Å². The number of nitrogens with zero attached hydrogens (tertiary/aromatic N) is 1. The third kappa shape index (κ3) is 2.96. The Labute approximate surface area is 125 Å². The van der Waals surface area contributed by atoms with Crippen LogP contribution in [0.3, 0.4) is 0 Å². The van der Waals surface area contributed by atoms with Gasteiger partial charge in [-0.15, -0.1) is 0 Å². The molecule has 5 nitrogen and oxygen atoms in total. The van der Waals surface area contributed by atoms with Crippen molar-refractivity contribution in [1.29, 1.82) is 0 Å². The average molecular weight is 339 g/mol. The summed E-state index contributed by atoms with van der Waals surface area (Å²) < 4.78 is 13.0. The second-order valence-electron chi connectivity index (χ2n) is 4.18. The Bertz CT molecular complexity index is 637. The summed E-state index contributed by atoms with van der Waals surface area (Å²) in [6, 6.07) is 6.98. The number of aryl methyl sites for hydroxylation is 1. The number of hydrogen-bond donors (Lipinski definition) is 1. The molecule has 1 aromatic heterocycles. The van der Waals surface area contributed by atoms with Crippen LogP contribution in [0.2, 0.25) is 0 Å². The molecule has 1 aromatic carbocycles. The fourth-order valence-electron chi connectivity index (χ4n) is 1.86. The van der Waals surface area contributed by atoms with Gasteiger partial charge in [-0.2, -0.15) is 0 Å². The lowest BCUT2D eigenvalue weighted by molar-refractivity contribution is 0.101. The monoisotopic (exact) mass is 338 g/mol. The van der Waals surface area contributed by atoms with E-state index in [-0.39, 0.29) is 5.91 Å². The topological polar surface area (TPSA) is 52.5 Å². The molecule has 0 saturated carbocycles. The molecule has 0 aliphatic rings. The number of benzene rings is 1. The van der Waals surface area contributed by atoms with Crippen molar-refractivity contribution in [2.45, 2.75) is 0 Å². The number of methoxy groups -OCH3 is 2. The largest absolute Gasteiger partial charge is 0.493 e. The van der Waals surface area contributed by atoms with Crippen LogP contribution in [0.25, 0.3) is 0 Å². The van der Waals surface area contributed by atoms with Gasteiger partial charge in [0.2, 0.25) is 0 Å². The molecule has 2 rings (SSSR count). The molecule has 6 heteroatoms. The van der Waals surface area contributed by atoms with Gasteiger partial charge in [0.25, 0.3) is 5.91 Å². The second kappa shape index (κ2) is 6.00. The van der Waals surface area contributed by atoms with Gasteiger partial charge >= 0.3 is 0 Å². The highest BCUT2D eigenvalue weighted by molar-refractivity contribution is 9.10. The van der Waals surface area contributed by atoms with Gasteiger partial charge in [-0.1, -0.05) is 0 Å².